The molecule has 27 heavy (non-hydrogen) atoms. The van der Waals surface area contributed by atoms with E-state index >= 15 is 0 Å². The molecule has 1 fully saturated rings. The van der Waals surface area contributed by atoms with Crippen LogP contribution in [0.2, 0.25) is 0 Å². The van der Waals surface area contributed by atoms with Gasteiger partial charge in [-0.05, 0) is 50.2 Å². The predicted octanol–water partition coefficient (Wildman–Crippen LogP) is 2.27. The van der Waals surface area contributed by atoms with Crippen LogP contribution in [0.25, 0.3) is 0 Å². The van der Waals surface area contributed by atoms with Gasteiger partial charge in [0.2, 0.25) is 0 Å². The van der Waals surface area contributed by atoms with Crippen LogP contribution >= 0.6 is 0 Å². The molecule has 0 amide bonds. The van der Waals surface area contributed by atoms with E-state index in [1.54, 1.807) is 17.0 Å². The number of ketones is 1. The molecule has 1 aliphatic rings. The lowest BCUT2D eigenvalue weighted by atomic mass is 10.1. The van der Waals surface area contributed by atoms with Gasteiger partial charge in [-0.3, -0.25) is 14.9 Å². The minimum Gasteiger partial charge on any atom is -0.360 e. The van der Waals surface area contributed by atoms with Gasteiger partial charge in [-0.25, -0.2) is 0 Å². The second kappa shape index (κ2) is 8.18. The van der Waals surface area contributed by atoms with Gasteiger partial charge < -0.3 is 15.1 Å². The van der Waals surface area contributed by atoms with Crippen molar-refractivity contribution in [2.24, 2.45) is 0 Å². The average molecular weight is 369 g/mol. The summed E-state index contributed by atoms with van der Waals surface area (Å²) in [5.41, 5.74) is 2.53. The van der Waals surface area contributed by atoms with Crippen molar-refractivity contribution in [1.29, 1.82) is 0 Å². The molecule has 0 aromatic heterocycles. The number of hydrogen-bond acceptors (Lipinski definition) is 5. The van der Waals surface area contributed by atoms with Crippen molar-refractivity contribution in [2.45, 2.75) is 13.8 Å². The second-order valence-corrected chi connectivity index (χ2v) is 6.81. The van der Waals surface area contributed by atoms with Gasteiger partial charge in [0.15, 0.2) is 5.78 Å². The van der Waals surface area contributed by atoms with Gasteiger partial charge in [-0.2, -0.15) is 0 Å². The predicted molar refractivity (Wildman–Crippen MR) is 106 cm³/mol. The maximum atomic E-state index is 11.5. The lowest BCUT2D eigenvalue weighted by Gasteiger charge is -2.33. The molecule has 2 N–H and O–H groups in total. The Labute approximate surface area is 158 Å². The summed E-state index contributed by atoms with van der Waals surface area (Å²) in [6.07, 6.45) is 0. The molecule has 0 saturated carbocycles. The minimum atomic E-state index is -0.474. The van der Waals surface area contributed by atoms with Crippen molar-refractivity contribution in [3.63, 3.8) is 0 Å². The number of nitro groups is 1. The van der Waals surface area contributed by atoms with Crippen molar-refractivity contribution in [1.82, 2.24) is 0 Å². The SMILES string of the molecule is CC[NH+]1CCN(c2ccc(Nc3ccc(C(C)=O)cc3[N+](=O)[O-])cc2)CC1. The standard InChI is InChI=1S/C20H24N4O3/c1-3-22-10-12-23(13-11-22)18-7-5-17(6-8-18)21-19-9-4-16(15(2)25)14-20(19)24(26)27/h4-9,14,21H,3,10-13H2,1-2H3/p+1. The van der Waals surface area contributed by atoms with Crippen LogP contribution < -0.4 is 15.1 Å². The van der Waals surface area contributed by atoms with E-state index in [-0.39, 0.29) is 11.5 Å². The van der Waals surface area contributed by atoms with Gasteiger partial charge in [0.1, 0.15) is 5.69 Å². The zero-order chi connectivity index (χ0) is 19.4. The lowest BCUT2D eigenvalue weighted by Crippen LogP contribution is -3.14. The van der Waals surface area contributed by atoms with E-state index in [0.717, 1.165) is 44.1 Å². The highest BCUT2D eigenvalue weighted by atomic mass is 16.6. The van der Waals surface area contributed by atoms with Crippen molar-refractivity contribution < 1.29 is 14.6 Å². The van der Waals surface area contributed by atoms with Crippen molar-refractivity contribution in [3.05, 3.63) is 58.1 Å². The molecule has 1 aliphatic heterocycles. The lowest BCUT2D eigenvalue weighted by molar-refractivity contribution is -0.898. The van der Waals surface area contributed by atoms with Crippen LogP contribution in [0, 0.1) is 10.1 Å². The number of nitrogens with zero attached hydrogens (tertiary/aromatic N) is 2. The van der Waals surface area contributed by atoms with Crippen LogP contribution in [-0.2, 0) is 0 Å². The summed E-state index contributed by atoms with van der Waals surface area (Å²) in [6, 6.07) is 12.4. The molecule has 142 valence electrons. The Kier molecular flexibility index (Phi) is 5.71. The number of nitrogens with one attached hydrogen (secondary N) is 2. The first kappa shape index (κ1) is 18.8. The second-order valence-electron chi connectivity index (χ2n) is 6.81. The number of nitro benzene ring substituents is 1. The van der Waals surface area contributed by atoms with Crippen molar-refractivity contribution in [3.8, 4) is 0 Å². The smallest absolute Gasteiger partial charge is 0.293 e. The third kappa shape index (κ3) is 4.43. The maximum absolute atomic E-state index is 11.5. The van der Waals surface area contributed by atoms with Gasteiger partial charge in [-0.1, -0.05) is 0 Å². The van der Waals surface area contributed by atoms with Gasteiger partial charge in [0.25, 0.3) is 5.69 Å². The van der Waals surface area contributed by atoms with Crippen LogP contribution in [-0.4, -0.2) is 43.4 Å². The fourth-order valence-electron chi connectivity index (χ4n) is 3.35. The summed E-state index contributed by atoms with van der Waals surface area (Å²) < 4.78 is 0. The van der Waals surface area contributed by atoms with E-state index in [1.165, 1.54) is 13.0 Å². The topological polar surface area (TPSA) is 79.9 Å². The largest absolute Gasteiger partial charge is 0.360 e. The first-order valence-electron chi connectivity index (χ1n) is 9.23. The minimum absolute atomic E-state index is 0.106. The number of hydrogen-bond donors (Lipinski definition) is 2. The van der Waals surface area contributed by atoms with Gasteiger partial charge in [0.05, 0.1) is 37.6 Å². The molecule has 0 atom stereocenters. The van der Waals surface area contributed by atoms with Gasteiger partial charge in [-0.15, -0.1) is 0 Å². The third-order valence-electron chi connectivity index (χ3n) is 5.08. The quantitative estimate of drug-likeness (QED) is 0.464. The fraction of sp³-hybridized carbons (Fsp3) is 0.350. The van der Waals surface area contributed by atoms with E-state index < -0.39 is 4.92 Å². The summed E-state index contributed by atoms with van der Waals surface area (Å²) >= 11 is 0. The van der Waals surface area contributed by atoms with Crippen LogP contribution in [0.3, 0.4) is 0 Å². The summed E-state index contributed by atoms with van der Waals surface area (Å²) in [7, 11) is 0. The highest BCUT2D eigenvalue weighted by Gasteiger charge is 2.19. The van der Waals surface area contributed by atoms with E-state index in [4.69, 9.17) is 0 Å². The van der Waals surface area contributed by atoms with E-state index in [1.807, 2.05) is 24.3 Å². The number of quaternary nitrogens is 1. The molecule has 7 nitrogen and oxygen atoms in total. The Morgan fingerprint density at radius 2 is 1.85 bits per heavy atom. The molecule has 3 rings (SSSR count). The number of Topliss-reactive ketones (excluding diaryl/α,β-unsaturated/α-hetero) is 1. The molecule has 0 radical (unpaired) electrons. The summed E-state index contributed by atoms with van der Waals surface area (Å²) in [6.45, 7) is 9.14. The Balaban J connectivity index is 1.73. The number of likely N-dealkylation sites (N-methyl/N-ethyl adjacent to an activating group) is 1. The average Bonchev–Trinajstić information content (AvgIpc) is 2.68. The molecule has 0 bridgehead atoms. The Hall–Kier alpha value is -2.93. The zero-order valence-electron chi connectivity index (χ0n) is 15.7. The highest BCUT2D eigenvalue weighted by Crippen LogP contribution is 2.29. The Bertz CT molecular complexity index is 828. The van der Waals surface area contributed by atoms with E-state index in [9.17, 15) is 14.9 Å². The summed E-state index contributed by atoms with van der Waals surface area (Å²) in [4.78, 5) is 26.3. The van der Waals surface area contributed by atoms with Crippen LogP contribution in [0.1, 0.15) is 24.2 Å². The highest BCUT2D eigenvalue weighted by molar-refractivity contribution is 5.95. The van der Waals surface area contributed by atoms with Gasteiger partial charge >= 0.3 is 0 Å². The van der Waals surface area contributed by atoms with Crippen LogP contribution in [0.15, 0.2) is 42.5 Å². The van der Waals surface area contributed by atoms with E-state index in [0.29, 0.717) is 11.3 Å². The molecular formula is C20H25N4O3+. The molecule has 0 aliphatic carbocycles. The number of piperazine rings is 1. The first-order chi connectivity index (χ1) is 13.0. The zero-order valence-corrected chi connectivity index (χ0v) is 15.7. The summed E-state index contributed by atoms with van der Waals surface area (Å²) in [5.74, 6) is -0.195. The molecule has 1 heterocycles. The first-order valence-corrected chi connectivity index (χ1v) is 9.23. The van der Waals surface area contributed by atoms with Crippen molar-refractivity contribution >= 4 is 28.5 Å². The number of carbonyl (C=O) groups is 1. The molecule has 7 heteroatoms. The molecule has 1 saturated heterocycles. The van der Waals surface area contributed by atoms with Gasteiger partial charge in [0, 0.05) is 23.0 Å². The third-order valence-corrected chi connectivity index (χ3v) is 5.08. The fourth-order valence-corrected chi connectivity index (χ4v) is 3.35. The van der Waals surface area contributed by atoms with Crippen LogP contribution in [0.5, 0.6) is 0 Å². The Morgan fingerprint density at radius 1 is 1.19 bits per heavy atom. The maximum Gasteiger partial charge on any atom is 0.293 e. The molecule has 0 spiro atoms. The number of carbonyl (C=O) groups excluding carboxylic acids is 1. The Morgan fingerprint density at radius 3 is 2.41 bits per heavy atom. The molecule has 2 aromatic carbocycles. The molecule has 0 unspecified atom stereocenters. The summed E-state index contributed by atoms with van der Waals surface area (Å²) in [5, 5.41) is 14.4. The normalized spacial score (nSPS) is 14.8. The number of rotatable bonds is 6. The number of benzene rings is 2. The van der Waals surface area contributed by atoms with E-state index in [2.05, 4.69) is 17.1 Å². The van der Waals surface area contributed by atoms with Crippen LogP contribution in [0.4, 0.5) is 22.7 Å². The van der Waals surface area contributed by atoms with Crippen molar-refractivity contribution in [2.75, 3.05) is 42.9 Å². The monoisotopic (exact) mass is 369 g/mol. The molecular weight excluding hydrogens is 344 g/mol. The molecule has 2 aromatic rings. The number of anilines is 3.